The third-order valence-corrected chi connectivity index (χ3v) is 2.64. The Balaban J connectivity index is 2.84. The van der Waals surface area contributed by atoms with E-state index in [1.54, 1.807) is 0 Å². The standard InChI is InChI=1S/C8H17NO5/c1-8(12)5(9)7(13-2)14-4(3-10)6(8)11/h4-7,10-12H,3,9H2,1-2H3/t4-,5+,6+,7-,8-/m1/s1. The lowest BCUT2D eigenvalue weighted by Gasteiger charge is -2.46. The van der Waals surface area contributed by atoms with E-state index in [1.807, 2.05) is 0 Å². The molecule has 1 rings (SSSR count). The Kier molecular flexibility index (Phi) is 3.46. The van der Waals surface area contributed by atoms with E-state index in [0.717, 1.165) is 0 Å². The lowest BCUT2D eigenvalue weighted by Crippen LogP contribution is -2.69. The molecule has 84 valence electrons. The molecule has 0 aromatic heterocycles. The lowest BCUT2D eigenvalue weighted by molar-refractivity contribution is -0.284. The van der Waals surface area contributed by atoms with E-state index in [4.69, 9.17) is 20.3 Å². The van der Waals surface area contributed by atoms with Crippen molar-refractivity contribution in [1.29, 1.82) is 0 Å². The van der Waals surface area contributed by atoms with Gasteiger partial charge in [-0.2, -0.15) is 0 Å². The Morgan fingerprint density at radius 3 is 2.57 bits per heavy atom. The highest BCUT2D eigenvalue weighted by Crippen LogP contribution is 2.28. The Morgan fingerprint density at radius 2 is 2.14 bits per heavy atom. The molecule has 1 fully saturated rings. The molecule has 6 nitrogen and oxygen atoms in total. The van der Waals surface area contributed by atoms with Gasteiger partial charge in [0, 0.05) is 7.11 Å². The van der Waals surface area contributed by atoms with Crippen LogP contribution in [0.3, 0.4) is 0 Å². The van der Waals surface area contributed by atoms with Crippen LogP contribution in [0.15, 0.2) is 0 Å². The number of nitrogens with two attached hydrogens (primary N) is 1. The quantitative estimate of drug-likeness (QED) is 0.409. The molecule has 0 spiro atoms. The average Bonchev–Trinajstić information content (AvgIpc) is 2.16. The molecule has 1 saturated heterocycles. The van der Waals surface area contributed by atoms with Crippen molar-refractivity contribution in [3.05, 3.63) is 0 Å². The Bertz CT molecular complexity index is 180. The van der Waals surface area contributed by atoms with Crippen LogP contribution in [0.4, 0.5) is 0 Å². The van der Waals surface area contributed by atoms with Crippen LogP contribution in [-0.2, 0) is 9.47 Å². The number of hydrogen-bond donors (Lipinski definition) is 4. The number of rotatable bonds is 2. The van der Waals surface area contributed by atoms with Gasteiger partial charge < -0.3 is 30.5 Å². The van der Waals surface area contributed by atoms with Gasteiger partial charge in [0.15, 0.2) is 6.29 Å². The summed E-state index contributed by atoms with van der Waals surface area (Å²) in [5.41, 5.74) is 4.10. The average molecular weight is 207 g/mol. The molecule has 0 amide bonds. The first-order chi connectivity index (χ1) is 6.45. The fourth-order valence-electron chi connectivity index (χ4n) is 1.53. The maximum absolute atomic E-state index is 9.87. The third-order valence-electron chi connectivity index (χ3n) is 2.64. The van der Waals surface area contributed by atoms with Crippen molar-refractivity contribution in [2.45, 2.75) is 37.1 Å². The summed E-state index contributed by atoms with van der Waals surface area (Å²) in [7, 11) is 1.38. The van der Waals surface area contributed by atoms with E-state index >= 15 is 0 Å². The minimum Gasteiger partial charge on any atom is -0.394 e. The minimum absolute atomic E-state index is 0.399. The zero-order chi connectivity index (χ0) is 10.9. The van der Waals surface area contributed by atoms with Gasteiger partial charge in [-0.1, -0.05) is 0 Å². The molecule has 0 aromatic carbocycles. The van der Waals surface area contributed by atoms with Crippen LogP contribution in [0.5, 0.6) is 0 Å². The van der Waals surface area contributed by atoms with E-state index in [-0.39, 0.29) is 0 Å². The van der Waals surface area contributed by atoms with Gasteiger partial charge in [0.1, 0.15) is 17.8 Å². The zero-order valence-electron chi connectivity index (χ0n) is 8.25. The van der Waals surface area contributed by atoms with E-state index in [2.05, 4.69) is 0 Å². The maximum Gasteiger partial charge on any atom is 0.175 e. The van der Waals surface area contributed by atoms with Gasteiger partial charge >= 0.3 is 0 Å². The van der Waals surface area contributed by atoms with Crippen LogP contribution in [0.25, 0.3) is 0 Å². The van der Waals surface area contributed by atoms with Gasteiger partial charge in [0.25, 0.3) is 0 Å². The van der Waals surface area contributed by atoms with Crippen molar-refractivity contribution in [2.75, 3.05) is 13.7 Å². The monoisotopic (exact) mass is 207 g/mol. The lowest BCUT2D eigenvalue weighted by atomic mass is 9.84. The maximum atomic E-state index is 9.87. The molecule has 5 N–H and O–H groups in total. The summed E-state index contributed by atoms with van der Waals surface area (Å²) in [6.45, 7) is 0.990. The Morgan fingerprint density at radius 1 is 1.57 bits per heavy atom. The molecular formula is C8H17NO5. The molecule has 1 aliphatic rings. The fourth-order valence-corrected chi connectivity index (χ4v) is 1.53. The molecule has 0 saturated carbocycles. The molecule has 0 radical (unpaired) electrons. The summed E-state index contributed by atoms with van der Waals surface area (Å²) in [5.74, 6) is 0. The highest BCUT2D eigenvalue weighted by atomic mass is 16.7. The first kappa shape index (κ1) is 11.8. The van der Waals surface area contributed by atoms with E-state index in [9.17, 15) is 10.2 Å². The van der Waals surface area contributed by atoms with Crippen molar-refractivity contribution < 1.29 is 24.8 Å². The van der Waals surface area contributed by atoms with Crippen LogP contribution < -0.4 is 5.73 Å². The van der Waals surface area contributed by atoms with Gasteiger partial charge in [0.05, 0.1) is 12.6 Å². The molecule has 0 aromatic rings. The number of aliphatic hydroxyl groups excluding tert-OH is 2. The van der Waals surface area contributed by atoms with Crippen molar-refractivity contribution in [2.24, 2.45) is 5.73 Å². The van der Waals surface area contributed by atoms with Gasteiger partial charge in [-0.05, 0) is 6.92 Å². The SMILES string of the molecule is CO[C@@H]1O[C@H](CO)[C@H](O)[C@](C)(O)[C@H]1N. The number of hydrogen-bond acceptors (Lipinski definition) is 6. The van der Waals surface area contributed by atoms with E-state index in [1.165, 1.54) is 14.0 Å². The Hall–Kier alpha value is -0.240. The third kappa shape index (κ3) is 1.77. The van der Waals surface area contributed by atoms with E-state index < -0.39 is 36.7 Å². The van der Waals surface area contributed by atoms with Crippen LogP contribution in [0.2, 0.25) is 0 Å². The topological polar surface area (TPSA) is 105 Å². The smallest absolute Gasteiger partial charge is 0.175 e. The molecule has 5 atom stereocenters. The molecule has 0 aliphatic carbocycles. The number of ether oxygens (including phenoxy) is 2. The number of aliphatic hydroxyl groups is 3. The molecule has 1 heterocycles. The molecular weight excluding hydrogens is 190 g/mol. The normalized spacial score (nSPS) is 49.3. The van der Waals surface area contributed by atoms with Crippen molar-refractivity contribution in [3.63, 3.8) is 0 Å². The highest BCUT2D eigenvalue weighted by Gasteiger charge is 2.50. The second-order valence-electron chi connectivity index (χ2n) is 3.66. The fraction of sp³-hybridized carbons (Fsp3) is 1.00. The summed E-state index contributed by atoms with van der Waals surface area (Å²) < 4.78 is 10.0. The predicted molar refractivity (Wildman–Crippen MR) is 47.4 cm³/mol. The van der Waals surface area contributed by atoms with Crippen molar-refractivity contribution >= 4 is 0 Å². The van der Waals surface area contributed by atoms with Gasteiger partial charge in [-0.3, -0.25) is 0 Å². The van der Waals surface area contributed by atoms with Gasteiger partial charge in [0.2, 0.25) is 0 Å². The Labute approximate surface area is 82.2 Å². The van der Waals surface area contributed by atoms with Crippen LogP contribution in [0, 0.1) is 0 Å². The van der Waals surface area contributed by atoms with E-state index in [0.29, 0.717) is 0 Å². The second-order valence-corrected chi connectivity index (χ2v) is 3.66. The summed E-state index contributed by atoms with van der Waals surface area (Å²) in [4.78, 5) is 0. The molecule has 6 heteroatoms. The largest absolute Gasteiger partial charge is 0.394 e. The van der Waals surface area contributed by atoms with Gasteiger partial charge in [-0.25, -0.2) is 0 Å². The second kappa shape index (κ2) is 4.09. The van der Waals surface area contributed by atoms with Gasteiger partial charge in [-0.15, -0.1) is 0 Å². The molecule has 0 unspecified atom stereocenters. The predicted octanol–water partition coefficient (Wildman–Crippen LogP) is -2.21. The molecule has 1 aliphatic heterocycles. The molecule has 0 bridgehead atoms. The summed E-state index contributed by atoms with van der Waals surface area (Å²) >= 11 is 0. The first-order valence-electron chi connectivity index (χ1n) is 4.40. The summed E-state index contributed by atoms with van der Waals surface area (Å²) in [5, 5.41) is 28.4. The van der Waals surface area contributed by atoms with Crippen molar-refractivity contribution in [3.8, 4) is 0 Å². The van der Waals surface area contributed by atoms with Crippen LogP contribution in [0.1, 0.15) is 6.92 Å². The number of methoxy groups -OCH3 is 1. The first-order valence-corrected chi connectivity index (χ1v) is 4.40. The summed E-state index contributed by atoms with van der Waals surface area (Å²) in [6, 6.07) is -0.856. The van der Waals surface area contributed by atoms with Crippen LogP contribution >= 0.6 is 0 Å². The zero-order valence-corrected chi connectivity index (χ0v) is 8.25. The molecule has 14 heavy (non-hydrogen) atoms. The summed E-state index contributed by atoms with van der Waals surface area (Å²) in [6.07, 6.45) is -2.94. The minimum atomic E-state index is -1.54. The van der Waals surface area contributed by atoms with Crippen LogP contribution in [-0.4, -0.2) is 59.2 Å². The van der Waals surface area contributed by atoms with Crippen molar-refractivity contribution in [1.82, 2.24) is 0 Å². The highest BCUT2D eigenvalue weighted by molar-refractivity contribution is 5.01.